The summed E-state index contributed by atoms with van der Waals surface area (Å²) < 4.78 is 40.9. The number of fused-ring (bicyclic) bond motifs is 1. The van der Waals surface area contributed by atoms with Gasteiger partial charge in [0, 0.05) is 29.7 Å². The van der Waals surface area contributed by atoms with Gasteiger partial charge in [-0.3, -0.25) is 4.79 Å². The number of benzene rings is 3. The molecular weight excluding hydrogens is 475 g/mol. The molecule has 0 saturated carbocycles. The molecule has 5 nitrogen and oxygen atoms in total. The fourth-order valence-electron chi connectivity index (χ4n) is 4.09. The highest BCUT2D eigenvalue weighted by Crippen LogP contribution is 2.50. The number of hydrogen-bond donors (Lipinski definition) is 1. The molecule has 33 heavy (non-hydrogen) atoms. The van der Waals surface area contributed by atoms with Crippen LogP contribution in [0.2, 0.25) is 10.0 Å². The normalized spacial score (nSPS) is 21.5. The van der Waals surface area contributed by atoms with Gasteiger partial charge in [0.15, 0.2) is 11.5 Å². The number of hydrogen-bond acceptors (Lipinski definition) is 4. The summed E-state index contributed by atoms with van der Waals surface area (Å²) in [5, 5.41) is 10.3. The van der Waals surface area contributed by atoms with Crippen molar-refractivity contribution in [3.05, 3.63) is 93.0 Å². The number of aliphatic hydroxyl groups is 1. The van der Waals surface area contributed by atoms with E-state index < -0.39 is 29.4 Å². The fourth-order valence-corrected chi connectivity index (χ4v) is 4.63. The van der Waals surface area contributed by atoms with Gasteiger partial charge in [-0.2, -0.15) is 0 Å². The molecular formula is C24H17Cl2F2NO4. The Bertz CT molecular complexity index is 1250. The molecule has 3 aromatic carbocycles. The minimum Gasteiger partial charge on any atom is -0.440 e. The molecule has 0 radical (unpaired) electrons. The molecule has 1 N–H and O–H groups in total. The highest BCUT2D eigenvalue weighted by molar-refractivity contribution is 6.35. The van der Waals surface area contributed by atoms with Gasteiger partial charge in [-0.1, -0.05) is 23.2 Å². The van der Waals surface area contributed by atoms with E-state index in [9.17, 15) is 18.7 Å². The van der Waals surface area contributed by atoms with Crippen molar-refractivity contribution >= 4 is 29.1 Å². The van der Waals surface area contributed by atoms with Crippen LogP contribution in [0.3, 0.4) is 0 Å². The lowest BCUT2D eigenvalue weighted by molar-refractivity contribution is -0.0459. The van der Waals surface area contributed by atoms with Crippen LogP contribution < -0.4 is 9.47 Å². The number of amides is 1. The standard InChI is InChI=1S/C24H17Cl2F2NO4/c25-14-3-6-18(19(26)9-14)24(13-1-4-15(27)5-2-13)32-21-10-17(20(28)11-22(21)33-24)23(31)29-8-7-16(30)12-29/h1-6,9-11,16,30H,7-8,12H2/t16-,24?/m0/s1. The summed E-state index contributed by atoms with van der Waals surface area (Å²) in [6.45, 7) is 0.459. The van der Waals surface area contributed by atoms with Gasteiger partial charge in [0.05, 0.1) is 22.3 Å². The Morgan fingerprint density at radius 2 is 1.73 bits per heavy atom. The Morgan fingerprint density at radius 3 is 2.36 bits per heavy atom. The maximum Gasteiger partial charge on any atom is 0.307 e. The van der Waals surface area contributed by atoms with Crippen molar-refractivity contribution in [3.63, 3.8) is 0 Å². The number of carbonyl (C=O) groups excluding carboxylic acids is 1. The van der Waals surface area contributed by atoms with Gasteiger partial charge in [-0.25, -0.2) is 8.78 Å². The first-order chi connectivity index (χ1) is 15.8. The van der Waals surface area contributed by atoms with E-state index in [-0.39, 0.29) is 28.6 Å². The van der Waals surface area contributed by atoms with Crippen molar-refractivity contribution in [1.82, 2.24) is 4.90 Å². The van der Waals surface area contributed by atoms with Crippen molar-refractivity contribution in [2.75, 3.05) is 13.1 Å². The summed E-state index contributed by atoms with van der Waals surface area (Å²) in [6.07, 6.45) is -0.204. The van der Waals surface area contributed by atoms with Crippen molar-refractivity contribution in [2.45, 2.75) is 18.3 Å². The zero-order chi connectivity index (χ0) is 23.3. The third-order valence-corrected chi connectivity index (χ3v) is 6.28. The van der Waals surface area contributed by atoms with Gasteiger partial charge in [-0.05, 0) is 55.0 Å². The van der Waals surface area contributed by atoms with Crippen LogP contribution in [0.4, 0.5) is 8.78 Å². The third-order valence-electron chi connectivity index (χ3n) is 5.73. The third kappa shape index (κ3) is 3.80. The molecule has 2 atom stereocenters. The molecule has 0 aliphatic carbocycles. The van der Waals surface area contributed by atoms with Gasteiger partial charge in [0.2, 0.25) is 0 Å². The maximum absolute atomic E-state index is 14.9. The maximum atomic E-state index is 14.9. The molecule has 3 aromatic rings. The SMILES string of the molecule is O=C(c1cc2c(cc1F)OC(c1ccc(F)cc1)(c1ccc(Cl)cc1Cl)O2)N1CC[C@H](O)C1. The summed E-state index contributed by atoms with van der Waals surface area (Å²) in [6, 6.07) is 12.5. The summed E-state index contributed by atoms with van der Waals surface area (Å²) in [4.78, 5) is 14.2. The van der Waals surface area contributed by atoms with E-state index in [0.29, 0.717) is 29.1 Å². The average molecular weight is 492 g/mol. The van der Waals surface area contributed by atoms with Crippen LogP contribution in [0.25, 0.3) is 0 Å². The zero-order valence-corrected chi connectivity index (χ0v) is 18.5. The molecule has 2 heterocycles. The van der Waals surface area contributed by atoms with E-state index in [1.165, 1.54) is 41.3 Å². The highest BCUT2D eigenvalue weighted by Gasteiger charge is 2.47. The molecule has 0 aromatic heterocycles. The Kier molecular flexibility index (Phi) is 5.43. The lowest BCUT2D eigenvalue weighted by Gasteiger charge is -2.29. The van der Waals surface area contributed by atoms with E-state index in [4.69, 9.17) is 32.7 Å². The predicted molar refractivity (Wildman–Crippen MR) is 118 cm³/mol. The quantitative estimate of drug-likeness (QED) is 0.550. The minimum absolute atomic E-state index is 0.0563. The molecule has 2 aliphatic rings. The van der Waals surface area contributed by atoms with E-state index >= 15 is 0 Å². The molecule has 1 fully saturated rings. The topological polar surface area (TPSA) is 59.0 Å². The van der Waals surface area contributed by atoms with Gasteiger partial charge >= 0.3 is 5.79 Å². The molecule has 0 spiro atoms. The monoisotopic (exact) mass is 491 g/mol. The predicted octanol–water partition coefficient (Wildman–Crippen LogP) is 5.15. The smallest absolute Gasteiger partial charge is 0.307 e. The fraction of sp³-hybridized carbons (Fsp3) is 0.208. The summed E-state index contributed by atoms with van der Waals surface area (Å²) in [5.74, 6) is -3.29. The number of rotatable bonds is 3. The second-order valence-electron chi connectivity index (χ2n) is 7.92. The van der Waals surface area contributed by atoms with Gasteiger partial charge in [0.25, 0.3) is 5.91 Å². The molecule has 1 unspecified atom stereocenters. The van der Waals surface area contributed by atoms with Gasteiger partial charge < -0.3 is 19.5 Å². The van der Waals surface area contributed by atoms with Crippen LogP contribution >= 0.6 is 23.2 Å². The van der Waals surface area contributed by atoms with Crippen LogP contribution in [-0.2, 0) is 5.79 Å². The summed E-state index contributed by atoms with van der Waals surface area (Å²) in [5.41, 5.74) is 0.566. The largest absolute Gasteiger partial charge is 0.440 e. The van der Waals surface area contributed by atoms with E-state index in [1.54, 1.807) is 12.1 Å². The van der Waals surface area contributed by atoms with Crippen LogP contribution in [0.1, 0.15) is 27.9 Å². The van der Waals surface area contributed by atoms with Crippen molar-refractivity contribution in [3.8, 4) is 11.5 Å². The van der Waals surface area contributed by atoms with Gasteiger partial charge in [-0.15, -0.1) is 0 Å². The second kappa shape index (κ2) is 8.17. The van der Waals surface area contributed by atoms with Crippen molar-refractivity contribution in [1.29, 1.82) is 0 Å². The van der Waals surface area contributed by atoms with Crippen LogP contribution in [-0.4, -0.2) is 35.1 Å². The molecule has 1 amide bonds. The van der Waals surface area contributed by atoms with Gasteiger partial charge in [0.1, 0.15) is 11.6 Å². The number of β-amino-alcohol motifs (C(OH)–C–C–N with tert-alkyl or cyclic N) is 1. The summed E-state index contributed by atoms with van der Waals surface area (Å²) >= 11 is 12.5. The first-order valence-corrected chi connectivity index (χ1v) is 10.9. The number of likely N-dealkylation sites (tertiary alicyclic amines) is 1. The Hall–Kier alpha value is -2.87. The molecule has 2 aliphatic heterocycles. The first-order valence-electron chi connectivity index (χ1n) is 10.2. The van der Waals surface area contributed by atoms with E-state index in [0.717, 1.165) is 6.07 Å². The Labute approximate surface area is 198 Å². The van der Waals surface area contributed by atoms with E-state index in [1.807, 2.05) is 0 Å². The molecule has 9 heteroatoms. The lowest BCUT2D eigenvalue weighted by Crippen LogP contribution is -2.37. The average Bonchev–Trinajstić information content (AvgIpc) is 3.37. The van der Waals surface area contributed by atoms with Crippen LogP contribution in [0.5, 0.6) is 11.5 Å². The Morgan fingerprint density at radius 1 is 1.03 bits per heavy atom. The van der Waals surface area contributed by atoms with Crippen molar-refractivity contribution < 1.29 is 28.2 Å². The number of ether oxygens (including phenoxy) is 2. The van der Waals surface area contributed by atoms with Crippen molar-refractivity contribution in [2.24, 2.45) is 0 Å². The second-order valence-corrected chi connectivity index (χ2v) is 8.77. The number of carbonyl (C=O) groups is 1. The van der Waals surface area contributed by atoms with E-state index in [2.05, 4.69) is 0 Å². The number of halogens is 4. The molecule has 170 valence electrons. The zero-order valence-electron chi connectivity index (χ0n) is 17.0. The first kappa shape index (κ1) is 21.9. The summed E-state index contributed by atoms with van der Waals surface area (Å²) in [7, 11) is 0. The number of nitrogens with zero attached hydrogens (tertiary/aromatic N) is 1. The minimum atomic E-state index is -1.66. The number of aliphatic hydroxyl groups excluding tert-OH is 1. The van der Waals surface area contributed by atoms with Crippen LogP contribution in [0.15, 0.2) is 54.6 Å². The molecule has 1 saturated heterocycles. The highest BCUT2D eigenvalue weighted by atomic mass is 35.5. The Balaban J connectivity index is 1.60. The lowest BCUT2D eigenvalue weighted by atomic mass is 9.97. The molecule has 0 bridgehead atoms. The van der Waals surface area contributed by atoms with Crippen LogP contribution in [0, 0.1) is 11.6 Å². The molecule has 5 rings (SSSR count).